The van der Waals surface area contributed by atoms with Crippen LogP contribution in [0.2, 0.25) is 0 Å². The largest absolute Gasteiger partial charge is 0.344 e. The molecule has 1 heterocycles. The molecule has 0 unspecified atom stereocenters. The molecule has 2 rings (SSSR count). The number of nitro groups is 1. The van der Waals surface area contributed by atoms with E-state index in [1.54, 1.807) is 0 Å². The highest BCUT2D eigenvalue weighted by atomic mass is 32.2. The van der Waals surface area contributed by atoms with E-state index in [0.717, 1.165) is 12.1 Å². The first kappa shape index (κ1) is 19.5. The van der Waals surface area contributed by atoms with Crippen LogP contribution in [0.5, 0.6) is 0 Å². The molecule has 3 N–H and O–H groups in total. The molecule has 0 radical (unpaired) electrons. The molecule has 0 aromatic heterocycles. The number of piperidine rings is 1. The lowest BCUT2D eigenvalue weighted by atomic mass is 10.1. The van der Waals surface area contributed by atoms with Gasteiger partial charge in [-0.3, -0.25) is 29.8 Å². The maximum atomic E-state index is 12.2. The first-order valence-corrected chi connectivity index (χ1v) is 9.05. The van der Waals surface area contributed by atoms with E-state index in [1.165, 1.54) is 12.1 Å². The van der Waals surface area contributed by atoms with Gasteiger partial charge < -0.3 is 5.32 Å². The van der Waals surface area contributed by atoms with Gasteiger partial charge in [0.1, 0.15) is 6.04 Å². The Bertz CT molecular complexity index is 853. The molecule has 26 heavy (non-hydrogen) atoms. The third kappa shape index (κ3) is 4.83. The number of sulfonamides is 1. The molecule has 0 spiro atoms. The number of hydrogen-bond acceptors (Lipinski definition) is 7. The summed E-state index contributed by atoms with van der Waals surface area (Å²) in [6.07, 6.45) is -0.0169. The summed E-state index contributed by atoms with van der Waals surface area (Å²) in [5, 5.41) is 15.4. The van der Waals surface area contributed by atoms with Crippen molar-refractivity contribution in [1.29, 1.82) is 0 Å². The minimum atomic E-state index is -4.18. The summed E-state index contributed by atoms with van der Waals surface area (Å²) in [6.45, 7) is -0.312. The van der Waals surface area contributed by atoms with Gasteiger partial charge >= 0.3 is 0 Å². The van der Waals surface area contributed by atoms with E-state index in [0.29, 0.717) is 0 Å². The number of para-hydroxylation sites is 1. The Hall–Kier alpha value is -2.86. The first-order chi connectivity index (χ1) is 12.2. The number of benzene rings is 1. The van der Waals surface area contributed by atoms with Crippen LogP contribution in [-0.4, -0.2) is 43.6 Å². The fourth-order valence-electron chi connectivity index (χ4n) is 2.31. The topological polar surface area (TPSA) is 165 Å². The second kappa shape index (κ2) is 8.01. The number of nitrogens with zero attached hydrogens (tertiary/aromatic N) is 1. The van der Waals surface area contributed by atoms with Crippen LogP contribution >= 0.6 is 0 Å². The maximum absolute atomic E-state index is 12.2. The van der Waals surface area contributed by atoms with Crippen molar-refractivity contribution in [2.45, 2.75) is 30.2 Å². The summed E-state index contributed by atoms with van der Waals surface area (Å²) >= 11 is 0. The lowest BCUT2D eigenvalue weighted by molar-refractivity contribution is -0.387. The number of imide groups is 1. The van der Waals surface area contributed by atoms with Gasteiger partial charge in [0.25, 0.3) is 5.69 Å². The first-order valence-electron chi connectivity index (χ1n) is 7.57. The highest BCUT2D eigenvalue weighted by Crippen LogP contribution is 2.22. The standard InChI is InChI=1S/C14H16N4O7S/c19-12-6-5-9(14(21)17-12)16-13(20)7-8-15-26(24,25)11-4-2-1-3-10(11)18(22)23/h1-4,9,15H,5-8H2,(H,16,20)(H,17,19,21)/t9-/m1/s1. The van der Waals surface area contributed by atoms with Crippen molar-refractivity contribution in [2.75, 3.05) is 6.54 Å². The van der Waals surface area contributed by atoms with E-state index >= 15 is 0 Å². The number of hydrogen-bond donors (Lipinski definition) is 3. The molecule has 12 heteroatoms. The Balaban J connectivity index is 1.91. The average Bonchev–Trinajstić information content (AvgIpc) is 2.57. The van der Waals surface area contributed by atoms with Gasteiger partial charge in [-0.1, -0.05) is 12.1 Å². The molecule has 3 amide bonds. The maximum Gasteiger partial charge on any atom is 0.289 e. The van der Waals surface area contributed by atoms with Crippen LogP contribution in [0.25, 0.3) is 0 Å². The smallest absolute Gasteiger partial charge is 0.289 e. The molecule has 1 aromatic rings. The summed E-state index contributed by atoms with van der Waals surface area (Å²) in [5.74, 6) is -1.63. The summed E-state index contributed by atoms with van der Waals surface area (Å²) in [7, 11) is -4.18. The van der Waals surface area contributed by atoms with Crippen LogP contribution in [0, 0.1) is 10.1 Å². The van der Waals surface area contributed by atoms with Gasteiger partial charge in [0.2, 0.25) is 27.7 Å². The SMILES string of the molecule is O=C1CC[C@@H](NC(=O)CCNS(=O)(=O)c2ccccc2[N+](=O)[O-])C(=O)N1. The monoisotopic (exact) mass is 384 g/mol. The fourth-order valence-corrected chi connectivity index (χ4v) is 3.51. The van der Waals surface area contributed by atoms with Crippen molar-refractivity contribution >= 4 is 33.4 Å². The number of rotatable bonds is 7. The minimum absolute atomic E-state index is 0.0982. The average molecular weight is 384 g/mol. The minimum Gasteiger partial charge on any atom is -0.344 e. The van der Waals surface area contributed by atoms with Crippen molar-refractivity contribution in [3.63, 3.8) is 0 Å². The lowest BCUT2D eigenvalue weighted by Crippen LogP contribution is -2.52. The molecule has 1 aliphatic rings. The predicted octanol–water partition coefficient (Wildman–Crippen LogP) is -0.815. The summed E-state index contributed by atoms with van der Waals surface area (Å²) < 4.78 is 26.4. The van der Waals surface area contributed by atoms with Gasteiger partial charge in [-0.2, -0.15) is 0 Å². The van der Waals surface area contributed by atoms with Gasteiger partial charge in [0.05, 0.1) is 4.92 Å². The van der Waals surface area contributed by atoms with Crippen molar-refractivity contribution < 1.29 is 27.7 Å². The number of nitro benzene ring substituents is 1. The van der Waals surface area contributed by atoms with Crippen LogP contribution < -0.4 is 15.4 Å². The molecule has 1 aliphatic heterocycles. The molecule has 1 aromatic carbocycles. The lowest BCUT2D eigenvalue weighted by Gasteiger charge is -2.21. The predicted molar refractivity (Wildman–Crippen MR) is 87.2 cm³/mol. The van der Waals surface area contributed by atoms with Crippen molar-refractivity contribution in [1.82, 2.24) is 15.4 Å². The second-order valence-corrected chi connectivity index (χ2v) is 7.18. The zero-order valence-electron chi connectivity index (χ0n) is 13.4. The summed E-state index contributed by atoms with van der Waals surface area (Å²) in [4.78, 5) is 44.0. The Morgan fingerprint density at radius 3 is 2.65 bits per heavy atom. The van der Waals surface area contributed by atoms with Crippen LogP contribution in [-0.2, 0) is 24.4 Å². The van der Waals surface area contributed by atoms with Crippen LogP contribution in [0.15, 0.2) is 29.2 Å². The molecule has 1 fully saturated rings. The molecule has 11 nitrogen and oxygen atoms in total. The normalized spacial score (nSPS) is 17.5. The highest BCUT2D eigenvalue weighted by molar-refractivity contribution is 7.89. The van der Waals surface area contributed by atoms with E-state index in [9.17, 15) is 32.9 Å². The quantitative estimate of drug-likeness (QED) is 0.314. The van der Waals surface area contributed by atoms with Gasteiger partial charge in [0.15, 0.2) is 4.90 Å². The van der Waals surface area contributed by atoms with Crippen molar-refractivity contribution in [2.24, 2.45) is 0 Å². The Kier molecular flexibility index (Phi) is 6.00. The fraction of sp³-hybridized carbons (Fsp3) is 0.357. The van der Waals surface area contributed by atoms with Crippen LogP contribution in [0.3, 0.4) is 0 Å². The Labute approximate surface area is 148 Å². The third-order valence-electron chi connectivity index (χ3n) is 3.57. The molecule has 1 atom stereocenters. The van der Waals surface area contributed by atoms with E-state index < -0.39 is 49.3 Å². The molecule has 0 aliphatic carbocycles. The number of carbonyl (C=O) groups excluding carboxylic acids is 3. The van der Waals surface area contributed by atoms with Crippen LogP contribution in [0.4, 0.5) is 5.69 Å². The summed E-state index contributed by atoms with van der Waals surface area (Å²) in [5.41, 5.74) is -0.576. The molecule has 1 saturated heterocycles. The Morgan fingerprint density at radius 1 is 1.31 bits per heavy atom. The molecule has 0 bridgehead atoms. The molecule has 140 valence electrons. The van der Waals surface area contributed by atoms with E-state index in [4.69, 9.17) is 0 Å². The van der Waals surface area contributed by atoms with Gasteiger partial charge in [0, 0.05) is 25.5 Å². The zero-order chi connectivity index (χ0) is 19.3. The van der Waals surface area contributed by atoms with Crippen molar-refractivity contribution in [3.8, 4) is 0 Å². The third-order valence-corrected chi connectivity index (χ3v) is 5.08. The molecular formula is C14H16N4O7S. The van der Waals surface area contributed by atoms with E-state index in [1.807, 2.05) is 0 Å². The van der Waals surface area contributed by atoms with E-state index in [-0.39, 0.29) is 25.8 Å². The number of nitrogens with one attached hydrogen (secondary N) is 3. The van der Waals surface area contributed by atoms with Gasteiger partial charge in [-0.25, -0.2) is 13.1 Å². The Morgan fingerprint density at radius 2 is 2.00 bits per heavy atom. The van der Waals surface area contributed by atoms with Gasteiger partial charge in [-0.05, 0) is 12.5 Å². The van der Waals surface area contributed by atoms with Crippen molar-refractivity contribution in [3.05, 3.63) is 34.4 Å². The van der Waals surface area contributed by atoms with Crippen LogP contribution in [0.1, 0.15) is 19.3 Å². The number of carbonyl (C=O) groups is 3. The molecular weight excluding hydrogens is 368 g/mol. The van der Waals surface area contributed by atoms with Gasteiger partial charge in [-0.15, -0.1) is 0 Å². The zero-order valence-corrected chi connectivity index (χ0v) is 14.2. The second-order valence-electron chi connectivity index (χ2n) is 5.44. The highest BCUT2D eigenvalue weighted by Gasteiger charge is 2.28. The molecule has 0 saturated carbocycles. The summed E-state index contributed by atoms with van der Waals surface area (Å²) in [6, 6.07) is 3.97. The number of amides is 3. The van der Waals surface area contributed by atoms with E-state index in [2.05, 4.69) is 15.4 Å².